The van der Waals surface area contributed by atoms with Crippen molar-refractivity contribution in [2.45, 2.75) is 18.9 Å². The van der Waals surface area contributed by atoms with Crippen LogP contribution in [0.15, 0.2) is 36.4 Å². The van der Waals surface area contributed by atoms with Crippen molar-refractivity contribution in [3.8, 4) is 10.4 Å². The number of carboxylic acids is 2. The molecule has 126 valence electrons. The van der Waals surface area contributed by atoms with Gasteiger partial charge in [-0.1, -0.05) is 23.7 Å². The smallest absolute Gasteiger partial charge is 0.326 e. The summed E-state index contributed by atoms with van der Waals surface area (Å²) < 4.78 is 0. The Labute approximate surface area is 146 Å². The van der Waals surface area contributed by atoms with Crippen LogP contribution in [0, 0.1) is 0 Å². The molecule has 24 heavy (non-hydrogen) atoms. The molecule has 0 bridgehead atoms. The number of carbonyl (C=O) groups excluding carboxylic acids is 1. The van der Waals surface area contributed by atoms with Gasteiger partial charge in [-0.25, -0.2) is 4.79 Å². The Morgan fingerprint density at radius 2 is 1.75 bits per heavy atom. The molecule has 0 saturated heterocycles. The van der Waals surface area contributed by atoms with Crippen molar-refractivity contribution < 1.29 is 24.6 Å². The van der Waals surface area contributed by atoms with Gasteiger partial charge in [0.15, 0.2) is 0 Å². The molecule has 8 heteroatoms. The number of thiophene rings is 1. The van der Waals surface area contributed by atoms with E-state index < -0.39 is 23.9 Å². The van der Waals surface area contributed by atoms with Crippen LogP contribution in [0.1, 0.15) is 22.5 Å². The number of halogens is 1. The lowest BCUT2D eigenvalue weighted by atomic mass is 10.1. The van der Waals surface area contributed by atoms with Crippen LogP contribution in [-0.2, 0) is 9.59 Å². The van der Waals surface area contributed by atoms with Crippen LogP contribution in [0.4, 0.5) is 0 Å². The van der Waals surface area contributed by atoms with Crippen molar-refractivity contribution in [2.75, 3.05) is 0 Å². The summed E-state index contributed by atoms with van der Waals surface area (Å²) in [6, 6.07) is 9.24. The van der Waals surface area contributed by atoms with Crippen LogP contribution in [0.2, 0.25) is 5.02 Å². The second-order valence-electron chi connectivity index (χ2n) is 4.97. The van der Waals surface area contributed by atoms with Crippen LogP contribution >= 0.6 is 22.9 Å². The summed E-state index contributed by atoms with van der Waals surface area (Å²) in [5, 5.41) is 20.7. The Balaban J connectivity index is 2.08. The molecule has 2 rings (SSSR count). The molecule has 6 nitrogen and oxygen atoms in total. The van der Waals surface area contributed by atoms with E-state index in [1.165, 1.54) is 11.3 Å². The van der Waals surface area contributed by atoms with E-state index in [-0.39, 0.29) is 12.8 Å². The molecular formula is C16H14ClNO5S. The maximum Gasteiger partial charge on any atom is 0.326 e. The summed E-state index contributed by atoms with van der Waals surface area (Å²) in [4.78, 5) is 35.0. The summed E-state index contributed by atoms with van der Waals surface area (Å²) in [5.74, 6) is -2.92. The predicted octanol–water partition coefficient (Wildman–Crippen LogP) is 3.12. The van der Waals surface area contributed by atoms with Gasteiger partial charge < -0.3 is 15.5 Å². The van der Waals surface area contributed by atoms with Gasteiger partial charge in [0.05, 0.1) is 4.88 Å². The Morgan fingerprint density at radius 3 is 2.33 bits per heavy atom. The van der Waals surface area contributed by atoms with Crippen molar-refractivity contribution in [3.05, 3.63) is 46.3 Å². The van der Waals surface area contributed by atoms with Gasteiger partial charge in [-0.05, 0) is 36.2 Å². The highest BCUT2D eigenvalue weighted by atomic mass is 35.5. The summed E-state index contributed by atoms with van der Waals surface area (Å²) in [5.41, 5.74) is 0.893. The number of carboxylic acid groups (broad SMARTS) is 2. The zero-order chi connectivity index (χ0) is 17.7. The van der Waals surface area contributed by atoms with E-state index in [0.29, 0.717) is 9.90 Å². The number of nitrogens with one attached hydrogen (secondary N) is 1. The van der Waals surface area contributed by atoms with E-state index in [1.54, 1.807) is 24.3 Å². The molecule has 0 spiro atoms. The molecule has 1 aromatic heterocycles. The first-order chi connectivity index (χ1) is 11.4. The van der Waals surface area contributed by atoms with Gasteiger partial charge in [0.2, 0.25) is 0 Å². The van der Waals surface area contributed by atoms with E-state index in [1.807, 2.05) is 12.1 Å². The molecule has 0 radical (unpaired) electrons. The van der Waals surface area contributed by atoms with Crippen LogP contribution in [0.5, 0.6) is 0 Å². The predicted molar refractivity (Wildman–Crippen MR) is 90.5 cm³/mol. The normalized spacial score (nSPS) is 11.7. The van der Waals surface area contributed by atoms with E-state index in [9.17, 15) is 14.4 Å². The summed E-state index contributed by atoms with van der Waals surface area (Å²) in [7, 11) is 0. The Bertz CT molecular complexity index is 756. The van der Waals surface area contributed by atoms with E-state index in [4.69, 9.17) is 21.8 Å². The third-order valence-corrected chi connectivity index (χ3v) is 4.59. The van der Waals surface area contributed by atoms with Crippen molar-refractivity contribution in [1.29, 1.82) is 0 Å². The molecule has 2 aromatic rings. The minimum atomic E-state index is -1.26. The quantitative estimate of drug-likeness (QED) is 0.697. The van der Waals surface area contributed by atoms with Gasteiger partial charge in [0, 0.05) is 16.3 Å². The van der Waals surface area contributed by atoms with E-state index in [2.05, 4.69) is 5.32 Å². The molecular weight excluding hydrogens is 354 g/mol. The fraction of sp³-hybridized carbons (Fsp3) is 0.188. The Morgan fingerprint density at radius 1 is 1.08 bits per heavy atom. The molecule has 0 unspecified atom stereocenters. The van der Waals surface area contributed by atoms with Crippen LogP contribution in [-0.4, -0.2) is 34.1 Å². The number of amides is 1. The lowest BCUT2D eigenvalue weighted by Gasteiger charge is -2.12. The maximum atomic E-state index is 12.2. The molecule has 3 N–H and O–H groups in total. The molecule has 1 amide bonds. The summed E-state index contributed by atoms with van der Waals surface area (Å²) in [6.07, 6.45) is -0.510. The summed E-state index contributed by atoms with van der Waals surface area (Å²) in [6.45, 7) is 0. The standard InChI is InChI=1S/C16H14ClNO5S/c17-10-3-1-9(2-4-10)12-6-7-13(24-12)15(21)18-11(16(22)23)5-8-14(19)20/h1-4,6-7,11H,5,8H2,(H,18,21)(H,19,20)(H,22,23)/t11-/m1/s1. The largest absolute Gasteiger partial charge is 0.481 e. The first-order valence-corrected chi connectivity index (χ1v) is 8.17. The Hall–Kier alpha value is -2.38. The van der Waals surface area contributed by atoms with E-state index in [0.717, 1.165) is 10.4 Å². The molecule has 0 aliphatic heterocycles. The number of carbonyl (C=O) groups is 3. The van der Waals surface area contributed by atoms with Crippen LogP contribution in [0.25, 0.3) is 10.4 Å². The third kappa shape index (κ3) is 4.81. The fourth-order valence-electron chi connectivity index (χ4n) is 1.98. The summed E-state index contributed by atoms with van der Waals surface area (Å²) >= 11 is 7.05. The highest BCUT2D eigenvalue weighted by molar-refractivity contribution is 7.17. The number of hydrogen-bond acceptors (Lipinski definition) is 4. The zero-order valence-electron chi connectivity index (χ0n) is 12.4. The first-order valence-electron chi connectivity index (χ1n) is 6.98. The second kappa shape index (κ2) is 7.94. The lowest BCUT2D eigenvalue weighted by molar-refractivity contribution is -0.140. The zero-order valence-corrected chi connectivity index (χ0v) is 13.9. The average molecular weight is 368 g/mol. The molecule has 0 aliphatic rings. The highest BCUT2D eigenvalue weighted by Crippen LogP contribution is 2.29. The van der Waals surface area contributed by atoms with Crippen molar-refractivity contribution in [1.82, 2.24) is 5.32 Å². The van der Waals surface area contributed by atoms with Crippen molar-refractivity contribution in [3.63, 3.8) is 0 Å². The lowest BCUT2D eigenvalue weighted by Crippen LogP contribution is -2.40. The number of benzene rings is 1. The minimum Gasteiger partial charge on any atom is -0.481 e. The Kier molecular flexibility index (Phi) is 5.94. The van der Waals surface area contributed by atoms with Gasteiger partial charge in [-0.15, -0.1) is 11.3 Å². The number of hydrogen-bond donors (Lipinski definition) is 3. The molecule has 0 aliphatic carbocycles. The van der Waals surface area contributed by atoms with Gasteiger partial charge in [0.1, 0.15) is 6.04 Å². The topological polar surface area (TPSA) is 104 Å². The van der Waals surface area contributed by atoms with Crippen molar-refractivity contribution >= 4 is 40.8 Å². The number of aliphatic carboxylic acids is 2. The first kappa shape index (κ1) is 18.0. The monoisotopic (exact) mass is 367 g/mol. The van der Waals surface area contributed by atoms with Crippen LogP contribution < -0.4 is 5.32 Å². The molecule has 0 fully saturated rings. The molecule has 1 heterocycles. The SMILES string of the molecule is O=C(O)CC[C@@H](NC(=O)c1ccc(-c2ccc(Cl)cc2)s1)C(=O)O. The third-order valence-electron chi connectivity index (χ3n) is 3.21. The molecule has 1 atom stereocenters. The second-order valence-corrected chi connectivity index (χ2v) is 6.49. The minimum absolute atomic E-state index is 0.175. The van der Waals surface area contributed by atoms with Gasteiger partial charge in [0.25, 0.3) is 5.91 Å². The maximum absolute atomic E-state index is 12.2. The highest BCUT2D eigenvalue weighted by Gasteiger charge is 2.22. The molecule has 1 aromatic carbocycles. The van der Waals surface area contributed by atoms with Crippen molar-refractivity contribution in [2.24, 2.45) is 0 Å². The van der Waals surface area contributed by atoms with Gasteiger partial charge >= 0.3 is 11.9 Å². The van der Waals surface area contributed by atoms with E-state index >= 15 is 0 Å². The average Bonchev–Trinajstić information content (AvgIpc) is 3.01. The molecule has 0 saturated carbocycles. The van der Waals surface area contributed by atoms with Gasteiger partial charge in [-0.2, -0.15) is 0 Å². The van der Waals surface area contributed by atoms with Gasteiger partial charge in [-0.3, -0.25) is 9.59 Å². The van der Waals surface area contributed by atoms with Crippen LogP contribution in [0.3, 0.4) is 0 Å². The fourth-order valence-corrected chi connectivity index (χ4v) is 3.02. The number of rotatable bonds is 7.